The number of likely N-dealkylation sites (tertiary alicyclic amines) is 2. The van der Waals surface area contributed by atoms with Gasteiger partial charge < -0.3 is 15.5 Å². The number of rotatable bonds is 6. The number of benzene rings is 1. The van der Waals surface area contributed by atoms with E-state index in [2.05, 4.69) is 16.5 Å². The number of anilines is 1. The highest BCUT2D eigenvalue weighted by atomic mass is 19.4. The molecular formula is C30H26F3N7O3. The van der Waals surface area contributed by atoms with Crippen molar-refractivity contribution in [3.8, 4) is 11.3 Å². The molecule has 5 heterocycles. The molecule has 3 atom stereocenters. The Morgan fingerprint density at radius 1 is 1.12 bits per heavy atom. The van der Waals surface area contributed by atoms with E-state index in [-0.39, 0.29) is 47.4 Å². The van der Waals surface area contributed by atoms with Gasteiger partial charge in [0.05, 0.1) is 24.1 Å². The third kappa shape index (κ3) is 4.80. The first-order valence-electron chi connectivity index (χ1n) is 13.5. The maximum absolute atomic E-state index is 13.1. The van der Waals surface area contributed by atoms with Gasteiger partial charge >= 0.3 is 6.18 Å². The minimum absolute atomic E-state index is 0.0107. The number of pyridine rings is 1. The average Bonchev–Trinajstić information content (AvgIpc) is 3.69. The van der Waals surface area contributed by atoms with Crippen molar-refractivity contribution in [2.75, 3.05) is 12.3 Å². The van der Waals surface area contributed by atoms with E-state index in [1.807, 2.05) is 0 Å². The molecule has 2 fully saturated rings. The van der Waals surface area contributed by atoms with Crippen molar-refractivity contribution in [1.29, 1.82) is 0 Å². The maximum Gasteiger partial charge on any atom is 0.416 e. The standard InChI is InChI=1S/C30H26F3N7O3/c1-3-24(43)40-21-14-22(39(15-21)16(2)41)26(40)29-37-25(27-28(34)36-10-11-38(27)29)18-6-4-17(5-7-18)23(42)13-20-12-19(8-9-35-20)30(31,32)33/h3-12,21-22,26H,1,13-15H2,2H3,(H2,34,36)/t21?,22-,26?/m0/s1. The Morgan fingerprint density at radius 3 is 2.53 bits per heavy atom. The van der Waals surface area contributed by atoms with Gasteiger partial charge in [-0.05, 0) is 24.6 Å². The normalized spacial score (nSPS) is 19.7. The Bertz CT molecular complexity index is 1780. The van der Waals surface area contributed by atoms with Crippen LogP contribution >= 0.6 is 0 Å². The number of hydrogen-bond donors (Lipinski definition) is 1. The predicted octanol–water partition coefficient (Wildman–Crippen LogP) is 3.88. The van der Waals surface area contributed by atoms with Gasteiger partial charge in [0.25, 0.3) is 0 Å². The molecule has 2 aliphatic rings. The number of aromatic nitrogens is 4. The molecule has 1 aromatic carbocycles. The molecule has 10 nitrogen and oxygen atoms in total. The van der Waals surface area contributed by atoms with E-state index in [1.165, 1.54) is 19.2 Å². The summed E-state index contributed by atoms with van der Waals surface area (Å²) in [7, 11) is 0. The number of imidazole rings is 1. The largest absolute Gasteiger partial charge is 0.416 e. The van der Waals surface area contributed by atoms with E-state index in [0.717, 1.165) is 18.3 Å². The van der Waals surface area contributed by atoms with Gasteiger partial charge in [-0.3, -0.25) is 23.8 Å². The van der Waals surface area contributed by atoms with Crippen LogP contribution in [0.1, 0.15) is 46.8 Å². The number of carbonyl (C=O) groups is 3. The lowest BCUT2D eigenvalue weighted by molar-refractivity contribution is -0.139. The van der Waals surface area contributed by atoms with Crippen molar-refractivity contribution >= 4 is 28.9 Å². The van der Waals surface area contributed by atoms with E-state index in [4.69, 9.17) is 10.7 Å². The Balaban J connectivity index is 1.36. The zero-order valence-corrected chi connectivity index (χ0v) is 23.0. The molecule has 2 aliphatic heterocycles. The highest BCUT2D eigenvalue weighted by Crippen LogP contribution is 2.46. The van der Waals surface area contributed by atoms with E-state index in [1.54, 1.807) is 44.7 Å². The SMILES string of the molecule is C=CC(=O)N1C2C[C@@H](C1c1nc(-c3ccc(C(=O)Cc4cc(C(F)(F)F)ccn4)cc3)c3c(N)nccn13)N(C(C)=O)C2. The number of piperazine rings is 1. The summed E-state index contributed by atoms with van der Waals surface area (Å²) in [5.41, 5.74) is 7.29. The van der Waals surface area contributed by atoms with Crippen molar-refractivity contribution in [2.45, 2.75) is 44.1 Å². The summed E-state index contributed by atoms with van der Waals surface area (Å²) in [6.45, 7) is 5.59. The zero-order chi connectivity index (χ0) is 30.6. The number of fused-ring (bicyclic) bond motifs is 3. The van der Waals surface area contributed by atoms with Gasteiger partial charge in [-0.2, -0.15) is 13.2 Å². The summed E-state index contributed by atoms with van der Waals surface area (Å²) in [6, 6.07) is 7.15. The summed E-state index contributed by atoms with van der Waals surface area (Å²) in [4.78, 5) is 54.9. The summed E-state index contributed by atoms with van der Waals surface area (Å²) in [6.07, 6.45) is 1.26. The minimum atomic E-state index is -4.54. The molecule has 13 heteroatoms. The average molecular weight is 590 g/mol. The van der Waals surface area contributed by atoms with Crippen molar-refractivity contribution < 1.29 is 27.6 Å². The van der Waals surface area contributed by atoms with Crippen LogP contribution in [0.4, 0.5) is 19.0 Å². The molecule has 2 unspecified atom stereocenters. The highest BCUT2D eigenvalue weighted by molar-refractivity contribution is 5.98. The number of nitrogens with two attached hydrogens (primary N) is 1. The number of halogens is 3. The number of ketones is 1. The van der Waals surface area contributed by atoms with Gasteiger partial charge in [-0.1, -0.05) is 30.8 Å². The number of hydrogen-bond acceptors (Lipinski definition) is 7. The van der Waals surface area contributed by atoms with Gasteiger partial charge in [0.15, 0.2) is 5.78 Å². The first kappa shape index (κ1) is 28.1. The fourth-order valence-corrected chi connectivity index (χ4v) is 6.17. The van der Waals surface area contributed by atoms with Gasteiger partial charge in [-0.25, -0.2) is 9.97 Å². The first-order chi connectivity index (χ1) is 20.5. The molecule has 3 aromatic heterocycles. The van der Waals surface area contributed by atoms with Gasteiger partial charge in [-0.15, -0.1) is 0 Å². The van der Waals surface area contributed by atoms with Crippen molar-refractivity contribution in [2.24, 2.45) is 0 Å². The number of amides is 2. The molecule has 2 amide bonds. The third-order valence-corrected chi connectivity index (χ3v) is 8.05. The molecular weight excluding hydrogens is 563 g/mol. The van der Waals surface area contributed by atoms with Crippen molar-refractivity contribution in [3.05, 3.63) is 90.3 Å². The monoisotopic (exact) mass is 589 g/mol. The number of nitrogens with zero attached hydrogens (tertiary/aromatic N) is 6. The van der Waals surface area contributed by atoms with Gasteiger partial charge in [0.2, 0.25) is 11.8 Å². The van der Waals surface area contributed by atoms with Crippen molar-refractivity contribution in [3.63, 3.8) is 0 Å². The highest BCUT2D eigenvalue weighted by Gasteiger charge is 2.54. The summed E-state index contributed by atoms with van der Waals surface area (Å²) in [5.74, 6) is -0.0613. The lowest BCUT2D eigenvalue weighted by Gasteiger charge is -2.39. The second-order valence-electron chi connectivity index (χ2n) is 10.6. The van der Waals surface area contributed by atoms with E-state index in [0.29, 0.717) is 35.6 Å². The van der Waals surface area contributed by atoms with E-state index < -0.39 is 23.6 Å². The molecule has 43 heavy (non-hydrogen) atoms. The summed E-state index contributed by atoms with van der Waals surface area (Å²) >= 11 is 0. The van der Waals surface area contributed by atoms with Crippen LogP contribution in [0, 0.1) is 0 Å². The lowest BCUT2D eigenvalue weighted by Crippen LogP contribution is -2.52. The summed E-state index contributed by atoms with van der Waals surface area (Å²) < 4.78 is 41.0. The second kappa shape index (κ2) is 10.3. The molecule has 0 spiro atoms. The lowest BCUT2D eigenvalue weighted by atomic mass is 10.0. The quantitative estimate of drug-likeness (QED) is 0.267. The molecule has 2 saturated heterocycles. The molecule has 0 aliphatic carbocycles. The zero-order valence-electron chi connectivity index (χ0n) is 23.0. The number of carbonyl (C=O) groups excluding carboxylic acids is 3. The van der Waals surface area contributed by atoms with E-state index in [9.17, 15) is 27.6 Å². The van der Waals surface area contributed by atoms with Gasteiger partial charge in [0.1, 0.15) is 28.9 Å². The molecule has 220 valence electrons. The Labute approximate surface area is 243 Å². The van der Waals surface area contributed by atoms with Crippen LogP contribution in [0.3, 0.4) is 0 Å². The Morgan fingerprint density at radius 2 is 1.86 bits per heavy atom. The first-order valence-corrected chi connectivity index (χ1v) is 13.5. The number of nitrogen functional groups attached to an aromatic ring is 1. The minimum Gasteiger partial charge on any atom is -0.382 e. The van der Waals surface area contributed by atoms with Crippen LogP contribution in [0.25, 0.3) is 16.8 Å². The molecule has 4 aromatic rings. The van der Waals surface area contributed by atoms with Crippen molar-refractivity contribution in [1.82, 2.24) is 29.2 Å². The summed E-state index contributed by atoms with van der Waals surface area (Å²) in [5, 5.41) is 0. The smallest absolute Gasteiger partial charge is 0.382 e. The molecule has 0 radical (unpaired) electrons. The molecule has 2 N–H and O–H groups in total. The number of Topliss-reactive ketones (excluding diaryl/α,β-unsaturated/α-hetero) is 1. The van der Waals surface area contributed by atoms with Crippen LogP contribution in [0.15, 0.2) is 67.6 Å². The molecule has 2 bridgehead atoms. The van der Waals surface area contributed by atoms with Crippen LogP contribution < -0.4 is 5.73 Å². The van der Waals surface area contributed by atoms with Crippen LogP contribution in [0.5, 0.6) is 0 Å². The Kier molecular flexibility index (Phi) is 6.74. The maximum atomic E-state index is 13.1. The third-order valence-electron chi connectivity index (χ3n) is 8.05. The van der Waals surface area contributed by atoms with Crippen LogP contribution in [-0.4, -0.2) is 65.4 Å². The Hall–Kier alpha value is -5.07. The van der Waals surface area contributed by atoms with E-state index >= 15 is 0 Å². The van der Waals surface area contributed by atoms with Crippen LogP contribution in [-0.2, 0) is 22.2 Å². The fraction of sp³-hybridized carbons (Fsp3) is 0.267. The topological polar surface area (TPSA) is 127 Å². The van der Waals surface area contributed by atoms with Crippen LogP contribution in [0.2, 0.25) is 0 Å². The second-order valence-corrected chi connectivity index (χ2v) is 10.6. The molecule has 0 saturated carbocycles. The number of alkyl halides is 3. The van der Waals surface area contributed by atoms with Gasteiger partial charge in [0, 0.05) is 48.9 Å². The molecule has 6 rings (SSSR count). The predicted molar refractivity (Wildman–Crippen MR) is 149 cm³/mol. The fourth-order valence-electron chi connectivity index (χ4n) is 6.17.